The summed E-state index contributed by atoms with van der Waals surface area (Å²) in [5.41, 5.74) is 0. The molecule has 0 N–H and O–H groups in total. The van der Waals surface area contributed by atoms with E-state index in [0.29, 0.717) is 0 Å². The van der Waals surface area contributed by atoms with Crippen LogP contribution in [0.5, 0.6) is 0 Å². The highest BCUT2D eigenvalue weighted by molar-refractivity contribution is 9.10. The molecule has 0 amide bonds. The van der Waals surface area contributed by atoms with Gasteiger partial charge in [-0.3, -0.25) is 0 Å². The summed E-state index contributed by atoms with van der Waals surface area (Å²) in [5.74, 6) is 0. The Hall–Kier alpha value is 0.770. The van der Waals surface area contributed by atoms with E-state index in [4.69, 9.17) is 11.6 Å². The van der Waals surface area contributed by atoms with Gasteiger partial charge in [0, 0.05) is 0 Å². The molecule has 0 aliphatic carbocycles. The topological polar surface area (TPSA) is 0 Å². The second kappa shape index (κ2) is 2.93. The van der Waals surface area contributed by atoms with Crippen molar-refractivity contribution in [3.63, 3.8) is 0 Å². The van der Waals surface area contributed by atoms with E-state index < -0.39 is 0 Å². The molecule has 2 heteroatoms. The van der Waals surface area contributed by atoms with E-state index in [1.807, 2.05) is 0 Å². The molecule has 0 saturated heterocycles. The Morgan fingerprint density at radius 3 is 1.71 bits per heavy atom. The van der Waals surface area contributed by atoms with Crippen LogP contribution in [0.3, 0.4) is 0 Å². The lowest BCUT2D eigenvalue weighted by molar-refractivity contribution is 0.741. The number of halogens is 2. The summed E-state index contributed by atoms with van der Waals surface area (Å²) in [5, 5.41) is 0. The maximum absolute atomic E-state index is 5.82. The van der Waals surface area contributed by atoms with Crippen molar-refractivity contribution in [1.82, 2.24) is 0 Å². The van der Waals surface area contributed by atoms with Crippen molar-refractivity contribution in [3.8, 4) is 0 Å². The Balaban J connectivity index is 3.36. The number of hydrogen-bond donors (Lipinski definition) is 0. The van der Waals surface area contributed by atoms with E-state index in [9.17, 15) is 0 Å². The molecule has 0 heterocycles. The van der Waals surface area contributed by atoms with Crippen LogP contribution in [0.1, 0.15) is 26.7 Å². The first-order valence-electron chi connectivity index (χ1n) is 2.50. The van der Waals surface area contributed by atoms with Crippen LogP contribution in [0.4, 0.5) is 0 Å². The number of alkyl halides is 2. The zero-order valence-electron chi connectivity index (χ0n) is 4.67. The molecule has 0 radical (unpaired) electrons. The summed E-state index contributed by atoms with van der Waals surface area (Å²) in [4.78, 5) is 0. The summed E-state index contributed by atoms with van der Waals surface area (Å²) in [6, 6.07) is 0. The van der Waals surface area contributed by atoms with E-state index in [2.05, 4.69) is 29.8 Å². The van der Waals surface area contributed by atoms with Gasteiger partial charge in [-0.2, -0.15) is 0 Å². The second-order valence-corrected chi connectivity index (χ2v) is 4.26. The molecule has 0 aromatic carbocycles. The molecule has 0 aromatic rings. The fourth-order valence-electron chi connectivity index (χ4n) is 0.250. The quantitative estimate of drug-likeness (QED) is 0.580. The third-order valence-electron chi connectivity index (χ3n) is 1.03. The maximum Gasteiger partial charge on any atom is 0.0987 e. The molecular formula is C5H10BrCl. The summed E-state index contributed by atoms with van der Waals surface area (Å²) in [6.07, 6.45) is 1.95. The predicted octanol–water partition coefficient (Wildman–Crippen LogP) is 3.14. The lowest BCUT2D eigenvalue weighted by atomic mass is 10.3. The monoisotopic (exact) mass is 184 g/mol. The van der Waals surface area contributed by atoms with E-state index in [-0.39, 0.29) is 3.78 Å². The van der Waals surface area contributed by atoms with Gasteiger partial charge >= 0.3 is 0 Å². The molecule has 0 aliphatic heterocycles. The van der Waals surface area contributed by atoms with Gasteiger partial charge in [0.25, 0.3) is 0 Å². The summed E-state index contributed by atoms with van der Waals surface area (Å²) < 4.78 is -0.132. The van der Waals surface area contributed by atoms with Gasteiger partial charge in [-0.25, -0.2) is 0 Å². The summed E-state index contributed by atoms with van der Waals surface area (Å²) in [7, 11) is 0. The average molecular weight is 185 g/mol. The Labute approximate surface area is 58.4 Å². The minimum atomic E-state index is -0.132. The molecule has 0 atom stereocenters. The SMILES string of the molecule is CCC(Cl)(Br)CC. The van der Waals surface area contributed by atoms with Gasteiger partial charge in [-0.05, 0) is 12.8 Å². The van der Waals surface area contributed by atoms with Gasteiger partial charge in [0.05, 0.1) is 3.78 Å². The van der Waals surface area contributed by atoms with Crippen LogP contribution in [-0.2, 0) is 0 Å². The van der Waals surface area contributed by atoms with Crippen LogP contribution in [0, 0.1) is 0 Å². The van der Waals surface area contributed by atoms with Crippen molar-refractivity contribution in [1.29, 1.82) is 0 Å². The Bertz CT molecular complexity index is 46.0. The van der Waals surface area contributed by atoms with Crippen molar-refractivity contribution < 1.29 is 0 Å². The highest BCUT2D eigenvalue weighted by Gasteiger charge is 2.15. The van der Waals surface area contributed by atoms with E-state index in [1.54, 1.807) is 0 Å². The highest BCUT2D eigenvalue weighted by Crippen LogP contribution is 2.30. The largest absolute Gasteiger partial charge is 0.107 e. The minimum absolute atomic E-state index is 0.132. The molecule has 0 bridgehead atoms. The highest BCUT2D eigenvalue weighted by atomic mass is 79.9. The van der Waals surface area contributed by atoms with Crippen molar-refractivity contribution >= 4 is 27.5 Å². The average Bonchev–Trinajstić information content (AvgIpc) is 1.68. The molecule has 0 rings (SSSR count). The van der Waals surface area contributed by atoms with Gasteiger partial charge in [-0.15, -0.1) is 11.6 Å². The molecule has 0 aliphatic rings. The molecule has 0 nitrogen and oxygen atoms in total. The van der Waals surface area contributed by atoms with Gasteiger partial charge in [0.1, 0.15) is 0 Å². The number of rotatable bonds is 2. The lowest BCUT2D eigenvalue weighted by Gasteiger charge is -2.12. The Morgan fingerprint density at radius 1 is 1.43 bits per heavy atom. The van der Waals surface area contributed by atoms with E-state index in [0.717, 1.165) is 12.8 Å². The third kappa shape index (κ3) is 3.36. The first-order chi connectivity index (χ1) is 3.12. The molecule has 0 fully saturated rings. The summed E-state index contributed by atoms with van der Waals surface area (Å²) in [6.45, 7) is 4.12. The fraction of sp³-hybridized carbons (Fsp3) is 1.00. The van der Waals surface area contributed by atoms with E-state index in [1.165, 1.54) is 0 Å². The zero-order valence-corrected chi connectivity index (χ0v) is 7.01. The second-order valence-electron chi connectivity index (χ2n) is 1.56. The molecule has 0 unspecified atom stereocenters. The van der Waals surface area contributed by atoms with Crippen LogP contribution < -0.4 is 0 Å². The predicted molar refractivity (Wildman–Crippen MR) is 38.1 cm³/mol. The first kappa shape index (κ1) is 7.77. The fourth-order valence-corrected chi connectivity index (χ4v) is 0.250. The van der Waals surface area contributed by atoms with Crippen LogP contribution in [-0.4, -0.2) is 3.78 Å². The van der Waals surface area contributed by atoms with E-state index >= 15 is 0 Å². The van der Waals surface area contributed by atoms with Crippen LogP contribution in [0.2, 0.25) is 0 Å². The smallest absolute Gasteiger partial charge is 0.0987 e. The van der Waals surface area contributed by atoms with Gasteiger partial charge < -0.3 is 0 Å². The Morgan fingerprint density at radius 2 is 1.71 bits per heavy atom. The van der Waals surface area contributed by atoms with Crippen molar-refractivity contribution in [2.45, 2.75) is 30.5 Å². The van der Waals surface area contributed by atoms with Gasteiger partial charge in [-0.1, -0.05) is 29.8 Å². The van der Waals surface area contributed by atoms with Crippen molar-refractivity contribution in [3.05, 3.63) is 0 Å². The van der Waals surface area contributed by atoms with Crippen LogP contribution >= 0.6 is 27.5 Å². The van der Waals surface area contributed by atoms with Crippen LogP contribution in [0.15, 0.2) is 0 Å². The minimum Gasteiger partial charge on any atom is -0.107 e. The lowest BCUT2D eigenvalue weighted by Crippen LogP contribution is -2.06. The van der Waals surface area contributed by atoms with Crippen molar-refractivity contribution in [2.24, 2.45) is 0 Å². The van der Waals surface area contributed by atoms with Gasteiger partial charge in [0.2, 0.25) is 0 Å². The Kier molecular flexibility index (Phi) is 3.25. The third-order valence-corrected chi connectivity index (χ3v) is 2.69. The molecule has 7 heavy (non-hydrogen) atoms. The standard InChI is InChI=1S/C5H10BrCl/c1-3-5(6,7)4-2/h3-4H2,1-2H3. The normalized spacial score (nSPS) is 12.0. The maximum atomic E-state index is 5.82. The van der Waals surface area contributed by atoms with Crippen molar-refractivity contribution in [2.75, 3.05) is 0 Å². The summed E-state index contributed by atoms with van der Waals surface area (Å²) >= 11 is 9.17. The first-order valence-corrected chi connectivity index (χ1v) is 3.67. The van der Waals surface area contributed by atoms with Crippen LogP contribution in [0.25, 0.3) is 0 Å². The molecule has 0 spiro atoms. The molecule has 0 saturated carbocycles. The molecule has 44 valence electrons. The van der Waals surface area contributed by atoms with Gasteiger partial charge in [0.15, 0.2) is 0 Å². The zero-order chi connectivity index (χ0) is 5.91. The number of hydrogen-bond acceptors (Lipinski definition) is 0. The molecule has 0 aromatic heterocycles. The molecular weight excluding hydrogens is 175 g/mol.